The second-order valence-corrected chi connectivity index (χ2v) is 10.1. The molecule has 2 aromatic carbocycles. The fourth-order valence-electron chi connectivity index (χ4n) is 4.10. The summed E-state index contributed by atoms with van der Waals surface area (Å²) >= 11 is 0. The number of benzene rings is 2. The molecular weight excluding hydrogens is 414 g/mol. The Hall–Kier alpha value is -2.51. The van der Waals surface area contributed by atoms with Crippen LogP contribution in [0.4, 0.5) is 0 Å². The van der Waals surface area contributed by atoms with Crippen molar-refractivity contribution in [1.82, 2.24) is 4.31 Å². The lowest BCUT2D eigenvalue weighted by Crippen LogP contribution is -2.31. The van der Waals surface area contributed by atoms with Crippen molar-refractivity contribution in [2.24, 2.45) is 0 Å². The molecule has 0 spiro atoms. The third-order valence-electron chi connectivity index (χ3n) is 5.58. The van der Waals surface area contributed by atoms with E-state index in [-0.39, 0.29) is 22.8 Å². The fraction of sp³-hybridized carbons (Fsp3) is 0.417. The van der Waals surface area contributed by atoms with E-state index in [4.69, 9.17) is 4.74 Å². The first kappa shape index (κ1) is 23.2. The lowest BCUT2D eigenvalue weighted by Gasteiger charge is -2.20. The van der Waals surface area contributed by atoms with E-state index in [1.54, 1.807) is 0 Å². The minimum atomic E-state index is -3.58. The zero-order valence-corrected chi connectivity index (χ0v) is 19.1. The van der Waals surface area contributed by atoms with Crippen molar-refractivity contribution in [2.75, 3.05) is 19.7 Å². The van der Waals surface area contributed by atoms with Gasteiger partial charge in [0.25, 0.3) is 0 Å². The van der Waals surface area contributed by atoms with Crippen molar-refractivity contribution in [3.8, 4) is 0 Å². The highest BCUT2D eigenvalue weighted by atomic mass is 32.2. The highest BCUT2D eigenvalue weighted by molar-refractivity contribution is 7.89. The van der Waals surface area contributed by atoms with Gasteiger partial charge in [-0.15, -0.1) is 0 Å². The Bertz CT molecular complexity index is 1040. The summed E-state index contributed by atoms with van der Waals surface area (Å²) < 4.78 is 32.4. The largest absolute Gasteiger partial charge is 0.454 e. The van der Waals surface area contributed by atoms with Gasteiger partial charge in [0.15, 0.2) is 6.61 Å². The minimum absolute atomic E-state index is 0.160. The molecule has 31 heavy (non-hydrogen) atoms. The molecule has 0 atom stereocenters. The van der Waals surface area contributed by atoms with Gasteiger partial charge in [-0.3, -0.25) is 4.79 Å². The maximum Gasteiger partial charge on any atom is 0.338 e. The predicted octanol–water partition coefficient (Wildman–Crippen LogP) is 4.22. The van der Waals surface area contributed by atoms with Crippen LogP contribution >= 0.6 is 0 Å². The molecule has 0 aromatic heterocycles. The summed E-state index contributed by atoms with van der Waals surface area (Å²) in [5, 5.41) is 0. The van der Waals surface area contributed by atoms with Gasteiger partial charge in [0.05, 0.1) is 10.5 Å². The molecule has 0 unspecified atom stereocenters. The third-order valence-corrected chi connectivity index (χ3v) is 7.50. The van der Waals surface area contributed by atoms with Crippen LogP contribution in [0.25, 0.3) is 0 Å². The van der Waals surface area contributed by atoms with E-state index in [1.165, 1.54) is 28.6 Å². The average molecular weight is 444 g/mol. The Morgan fingerprint density at radius 1 is 0.903 bits per heavy atom. The second-order valence-electron chi connectivity index (χ2n) is 8.12. The first-order valence-corrected chi connectivity index (χ1v) is 12.0. The predicted molar refractivity (Wildman–Crippen MR) is 119 cm³/mol. The minimum Gasteiger partial charge on any atom is -0.454 e. The van der Waals surface area contributed by atoms with E-state index in [1.807, 2.05) is 32.9 Å². The van der Waals surface area contributed by atoms with Crippen molar-refractivity contribution >= 4 is 21.8 Å². The molecule has 1 fully saturated rings. The Morgan fingerprint density at radius 3 is 2.00 bits per heavy atom. The van der Waals surface area contributed by atoms with Gasteiger partial charge < -0.3 is 4.74 Å². The number of nitrogens with zero attached hydrogens (tertiary/aromatic N) is 1. The standard InChI is InChI=1S/C24H29NO5S/c1-17-14-18(2)23(19(3)15-17)22(26)16-30-24(27)20-8-10-21(11-9-20)31(28,29)25-12-6-4-5-7-13-25/h8-11,14-15H,4-7,12-13,16H2,1-3H3. The maximum atomic E-state index is 12.8. The topological polar surface area (TPSA) is 80.8 Å². The number of Topliss-reactive ketones (excluding diaryl/α,β-unsaturated/α-hetero) is 1. The van der Waals surface area contributed by atoms with Gasteiger partial charge in [-0.1, -0.05) is 30.5 Å². The molecule has 2 aromatic rings. The highest BCUT2D eigenvalue weighted by Crippen LogP contribution is 2.21. The molecular formula is C24H29NO5S. The Labute approximate surface area is 184 Å². The third kappa shape index (κ3) is 5.40. The monoisotopic (exact) mass is 443 g/mol. The fourth-order valence-corrected chi connectivity index (χ4v) is 5.62. The molecule has 1 heterocycles. The summed E-state index contributed by atoms with van der Waals surface area (Å²) in [6, 6.07) is 9.55. The van der Waals surface area contributed by atoms with E-state index in [0.29, 0.717) is 18.7 Å². The zero-order valence-electron chi connectivity index (χ0n) is 18.3. The van der Waals surface area contributed by atoms with Crippen LogP contribution in [0, 0.1) is 20.8 Å². The molecule has 0 amide bonds. The summed E-state index contributed by atoms with van der Waals surface area (Å²) in [6.45, 7) is 6.36. The summed E-state index contributed by atoms with van der Waals surface area (Å²) in [5.74, 6) is -0.918. The van der Waals surface area contributed by atoms with E-state index in [2.05, 4.69) is 0 Å². The van der Waals surface area contributed by atoms with Crippen LogP contribution in [0.3, 0.4) is 0 Å². The average Bonchev–Trinajstić information content (AvgIpc) is 3.01. The number of aryl methyl sites for hydroxylation is 3. The Kier molecular flexibility index (Phi) is 7.28. The van der Waals surface area contributed by atoms with Crippen LogP contribution in [0.5, 0.6) is 0 Å². The summed E-state index contributed by atoms with van der Waals surface area (Å²) in [4.78, 5) is 25.1. The molecule has 7 heteroatoms. The van der Waals surface area contributed by atoms with Crippen molar-refractivity contribution < 1.29 is 22.7 Å². The highest BCUT2D eigenvalue weighted by Gasteiger charge is 2.25. The molecule has 3 rings (SSSR count). The number of rotatable bonds is 6. The second kappa shape index (κ2) is 9.75. The number of esters is 1. The van der Waals surface area contributed by atoms with Crippen molar-refractivity contribution in [2.45, 2.75) is 51.3 Å². The number of ether oxygens (including phenoxy) is 1. The van der Waals surface area contributed by atoms with Crippen molar-refractivity contribution in [3.05, 3.63) is 64.2 Å². The van der Waals surface area contributed by atoms with E-state index < -0.39 is 16.0 Å². The normalized spacial score (nSPS) is 15.3. The lowest BCUT2D eigenvalue weighted by atomic mass is 9.97. The van der Waals surface area contributed by atoms with Gasteiger partial charge in [0, 0.05) is 18.7 Å². The molecule has 0 bridgehead atoms. The molecule has 6 nitrogen and oxygen atoms in total. The molecule has 0 N–H and O–H groups in total. The molecule has 1 saturated heterocycles. The van der Waals surface area contributed by atoms with Crippen LogP contribution in [0.15, 0.2) is 41.3 Å². The number of ketones is 1. The van der Waals surface area contributed by atoms with Gasteiger partial charge in [-0.2, -0.15) is 4.31 Å². The van der Waals surface area contributed by atoms with Crippen LogP contribution in [0.2, 0.25) is 0 Å². The van der Waals surface area contributed by atoms with E-state index >= 15 is 0 Å². The van der Waals surface area contributed by atoms with Crippen LogP contribution in [0.1, 0.15) is 63.1 Å². The summed E-state index contributed by atoms with van der Waals surface area (Å²) in [6.07, 6.45) is 3.80. The molecule has 1 aliphatic rings. The van der Waals surface area contributed by atoms with E-state index in [0.717, 1.165) is 42.4 Å². The first-order valence-electron chi connectivity index (χ1n) is 10.6. The number of carbonyl (C=O) groups is 2. The number of hydrogen-bond donors (Lipinski definition) is 0. The summed E-state index contributed by atoms with van der Waals surface area (Å²) in [7, 11) is -3.58. The Morgan fingerprint density at radius 2 is 1.45 bits per heavy atom. The van der Waals surface area contributed by atoms with Gasteiger partial charge in [-0.05, 0) is 69.0 Å². The lowest BCUT2D eigenvalue weighted by molar-refractivity contribution is 0.0474. The smallest absolute Gasteiger partial charge is 0.338 e. The number of carbonyl (C=O) groups excluding carboxylic acids is 2. The van der Waals surface area contributed by atoms with Crippen molar-refractivity contribution in [3.63, 3.8) is 0 Å². The maximum absolute atomic E-state index is 12.8. The first-order chi connectivity index (χ1) is 14.7. The van der Waals surface area contributed by atoms with Crippen LogP contribution < -0.4 is 0 Å². The van der Waals surface area contributed by atoms with Gasteiger partial charge in [0.2, 0.25) is 15.8 Å². The molecule has 0 radical (unpaired) electrons. The van der Waals surface area contributed by atoms with E-state index in [9.17, 15) is 18.0 Å². The van der Waals surface area contributed by atoms with Crippen LogP contribution in [-0.2, 0) is 14.8 Å². The molecule has 0 aliphatic carbocycles. The Balaban J connectivity index is 1.66. The molecule has 0 saturated carbocycles. The van der Waals surface area contributed by atoms with Crippen molar-refractivity contribution in [1.29, 1.82) is 0 Å². The van der Waals surface area contributed by atoms with Crippen LogP contribution in [-0.4, -0.2) is 44.2 Å². The SMILES string of the molecule is Cc1cc(C)c(C(=O)COC(=O)c2ccc(S(=O)(=O)N3CCCCCC3)cc2)c(C)c1. The zero-order chi connectivity index (χ0) is 22.6. The summed E-state index contributed by atoms with van der Waals surface area (Å²) in [5.41, 5.74) is 3.54. The van der Waals surface area contributed by atoms with Gasteiger partial charge in [0.1, 0.15) is 0 Å². The number of sulfonamides is 1. The quantitative estimate of drug-likeness (QED) is 0.493. The number of hydrogen-bond acceptors (Lipinski definition) is 5. The van der Waals surface area contributed by atoms with Gasteiger partial charge in [-0.25, -0.2) is 13.2 Å². The van der Waals surface area contributed by atoms with Gasteiger partial charge >= 0.3 is 5.97 Å². The molecule has 1 aliphatic heterocycles. The molecule has 166 valence electrons.